The van der Waals surface area contributed by atoms with Gasteiger partial charge in [-0.2, -0.15) is 4.72 Å². The van der Waals surface area contributed by atoms with Crippen LogP contribution in [-0.4, -0.2) is 39.5 Å². The molecule has 9 heteroatoms. The van der Waals surface area contributed by atoms with Crippen LogP contribution in [0.1, 0.15) is 18.9 Å². The highest BCUT2D eigenvalue weighted by Crippen LogP contribution is 2.14. The van der Waals surface area contributed by atoms with E-state index in [1.54, 1.807) is 0 Å². The monoisotopic (exact) mass is 438 g/mol. The summed E-state index contributed by atoms with van der Waals surface area (Å²) >= 11 is 5.74. The Labute approximate surface area is 175 Å². The van der Waals surface area contributed by atoms with Crippen molar-refractivity contribution < 1.29 is 22.7 Å². The van der Waals surface area contributed by atoms with Gasteiger partial charge in [0.25, 0.3) is 5.91 Å². The Morgan fingerprint density at radius 1 is 1.07 bits per heavy atom. The summed E-state index contributed by atoms with van der Waals surface area (Å²) < 4.78 is 31.6. The molecule has 2 rings (SSSR count). The third-order valence-corrected chi connectivity index (χ3v) is 5.77. The van der Waals surface area contributed by atoms with Gasteiger partial charge in [-0.05, 0) is 49.6 Å². The van der Waals surface area contributed by atoms with Crippen molar-refractivity contribution in [3.8, 4) is 0 Å². The molecule has 29 heavy (non-hydrogen) atoms. The minimum atomic E-state index is -3.91. The van der Waals surface area contributed by atoms with Crippen LogP contribution < -0.4 is 10.0 Å². The first kappa shape index (κ1) is 22.9. The first-order valence-electron chi connectivity index (χ1n) is 9.03. The van der Waals surface area contributed by atoms with Gasteiger partial charge in [-0.25, -0.2) is 8.42 Å². The molecule has 0 aliphatic carbocycles. The van der Waals surface area contributed by atoms with Crippen molar-refractivity contribution in [2.24, 2.45) is 0 Å². The van der Waals surface area contributed by atoms with E-state index >= 15 is 0 Å². The van der Waals surface area contributed by atoms with E-state index in [2.05, 4.69) is 10.0 Å². The molecule has 0 aromatic heterocycles. The molecule has 0 saturated heterocycles. The van der Waals surface area contributed by atoms with Crippen LogP contribution in [0.5, 0.6) is 0 Å². The maximum absolute atomic E-state index is 12.2. The normalized spacial score (nSPS) is 12.2. The lowest BCUT2D eigenvalue weighted by Gasteiger charge is -2.14. The fourth-order valence-electron chi connectivity index (χ4n) is 2.44. The number of sulfonamides is 1. The molecule has 0 radical (unpaired) electrons. The Balaban J connectivity index is 1.70. The number of aryl methyl sites for hydroxylation is 1. The van der Waals surface area contributed by atoms with Gasteiger partial charge in [0.1, 0.15) is 6.04 Å². The maximum Gasteiger partial charge on any atom is 0.324 e. The van der Waals surface area contributed by atoms with Gasteiger partial charge in [0.15, 0.2) is 6.61 Å². The third kappa shape index (κ3) is 7.84. The van der Waals surface area contributed by atoms with Crippen LogP contribution in [-0.2, 0) is 30.8 Å². The van der Waals surface area contributed by atoms with Crippen molar-refractivity contribution in [2.45, 2.75) is 30.7 Å². The number of rotatable bonds is 10. The highest BCUT2D eigenvalue weighted by atomic mass is 35.5. The Bertz CT molecular complexity index is 918. The largest absolute Gasteiger partial charge is 0.454 e. The molecule has 7 nitrogen and oxygen atoms in total. The number of carbonyl (C=O) groups is 2. The van der Waals surface area contributed by atoms with Crippen LogP contribution in [0.4, 0.5) is 0 Å². The number of hydrogen-bond acceptors (Lipinski definition) is 5. The fraction of sp³-hybridized carbons (Fsp3) is 0.300. The highest BCUT2D eigenvalue weighted by molar-refractivity contribution is 7.89. The van der Waals surface area contributed by atoms with Crippen molar-refractivity contribution in [3.63, 3.8) is 0 Å². The predicted octanol–water partition coefficient (Wildman–Crippen LogP) is 2.30. The van der Waals surface area contributed by atoms with E-state index in [9.17, 15) is 18.0 Å². The van der Waals surface area contributed by atoms with Crippen LogP contribution in [0.3, 0.4) is 0 Å². The molecule has 0 spiro atoms. The lowest BCUT2D eigenvalue weighted by molar-refractivity contribution is -0.149. The van der Waals surface area contributed by atoms with E-state index in [4.69, 9.17) is 16.3 Å². The Hall–Kier alpha value is -2.42. The number of ether oxygens (including phenoxy) is 1. The molecule has 2 aromatic carbocycles. The van der Waals surface area contributed by atoms with E-state index in [0.717, 1.165) is 12.8 Å². The summed E-state index contributed by atoms with van der Waals surface area (Å²) in [6, 6.07) is 14.2. The van der Waals surface area contributed by atoms with Gasteiger partial charge in [0.2, 0.25) is 10.0 Å². The lowest BCUT2D eigenvalue weighted by atomic mass is 10.1. The van der Waals surface area contributed by atoms with Crippen molar-refractivity contribution in [3.05, 3.63) is 65.2 Å². The van der Waals surface area contributed by atoms with Crippen molar-refractivity contribution in [2.75, 3.05) is 13.2 Å². The van der Waals surface area contributed by atoms with E-state index in [-0.39, 0.29) is 4.90 Å². The van der Waals surface area contributed by atoms with Crippen LogP contribution in [0.2, 0.25) is 5.02 Å². The van der Waals surface area contributed by atoms with E-state index in [0.29, 0.717) is 11.6 Å². The molecule has 0 saturated carbocycles. The van der Waals surface area contributed by atoms with E-state index in [1.165, 1.54) is 36.8 Å². The van der Waals surface area contributed by atoms with Gasteiger partial charge >= 0.3 is 5.97 Å². The first-order chi connectivity index (χ1) is 13.8. The number of nitrogens with one attached hydrogen (secondary N) is 2. The SMILES string of the molecule is C[C@H](NS(=O)(=O)c1ccc(Cl)cc1)C(=O)OCC(=O)NCCCc1ccccc1. The summed E-state index contributed by atoms with van der Waals surface area (Å²) in [5, 5.41) is 3.05. The Kier molecular flexibility index (Phi) is 8.63. The van der Waals surface area contributed by atoms with Gasteiger partial charge in [-0.3, -0.25) is 9.59 Å². The van der Waals surface area contributed by atoms with Gasteiger partial charge in [-0.15, -0.1) is 0 Å². The topological polar surface area (TPSA) is 102 Å². The fourth-order valence-corrected chi connectivity index (χ4v) is 3.76. The molecule has 0 aliphatic heterocycles. The minimum Gasteiger partial charge on any atom is -0.454 e. The van der Waals surface area contributed by atoms with Crippen LogP contribution in [0.15, 0.2) is 59.5 Å². The second-order valence-corrected chi connectivity index (χ2v) is 8.49. The number of halogens is 1. The molecule has 0 aliphatic rings. The molecule has 1 amide bonds. The number of carbonyl (C=O) groups excluding carboxylic acids is 2. The number of hydrogen-bond donors (Lipinski definition) is 2. The molecular formula is C20H23ClN2O5S. The molecule has 2 aromatic rings. The summed E-state index contributed by atoms with van der Waals surface area (Å²) in [5.41, 5.74) is 1.18. The molecule has 0 bridgehead atoms. The Morgan fingerprint density at radius 3 is 2.38 bits per heavy atom. The number of esters is 1. The highest BCUT2D eigenvalue weighted by Gasteiger charge is 2.23. The maximum atomic E-state index is 12.2. The average Bonchev–Trinajstić information content (AvgIpc) is 2.70. The zero-order valence-electron chi connectivity index (χ0n) is 15.9. The second-order valence-electron chi connectivity index (χ2n) is 6.34. The lowest BCUT2D eigenvalue weighted by Crippen LogP contribution is -2.41. The molecule has 156 valence electrons. The quantitative estimate of drug-likeness (QED) is 0.437. The van der Waals surface area contributed by atoms with Crippen LogP contribution in [0, 0.1) is 0 Å². The van der Waals surface area contributed by atoms with Crippen LogP contribution in [0.25, 0.3) is 0 Å². The Morgan fingerprint density at radius 2 is 1.72 bits per heavy atom. The minimum absolute atomic E-state index is 0.0299. The van der Waals surface area contributed by atoms with Crippen LogP contribution >= 0.6 is 11.6 Å². The molecular weight excluding hydrogens is 416 g/mol. The van der Waals surface area contributed by atoms with E-state index in [1.807, 2.05) is 30.3 Å². The summed E-state index contributed by atoms with van der Waals surface area (Å²) in [7, 11) is -3.91. The van der Waals surface area contributed by atoms with Gasteiger partial charge in [0.05, 0.1) is 4.90 Å². The predicted molar refractivity (Wildman–Crippen MR) is 110 cm³/mol. The van der Waals surface area contributed by atoms with Gasteiger partial charge in [0, 0.05) is 11.6 Å². The summed E-state index contributed by atoms with van der Waals surface area (Å²) in [6.07, 6.45) is 1.57. The van der Waals surface area contributed by atoms with Gasteiger partial charge < -0.3 is 10.1 Å². The van der Waals surface area contributed by atoms with Crippen molar-refractivity contribution in [1.29, 1.82) is 0 Å². The molecule has 2 N–H and O–H groups in total. The second kappa shape index (κ2) is 10.9. The summed E-state index contributed by atoms with van der Waals surface area (Å²) in [4.78, 5) is 23.7. The smallest absolute Gasteiger partial charge is 0.324 e. The molecule has 0 unspecified atom stereocenters. The molecule has 0 fully saturated rings. The standard InChI is InChI=1S/C20H23ClN2O5S/c1-15(23-29(26,27)18-11-9-17(21)10-12-18)20(25)28-14-19(24)22-13-5-8-16-6-3-2-4-7-16/h2-4,6-7,9-12,15,23H,5,8,13-14H2,1H3,(H,22,24)/t15-/m0/s1. The number of amides is 1. The average molecular weight is 439 g/mol. The van der Waals surface area contributed by atoms with Crippen molar-refractivity contribution in [1.82, 2.24) is 10.0 Å². The number of benzene rings is 2. The van der Waals surface area contributed by atoms with Gasteiger partial charge in [-0.1, -0.05) is 41.9 Å². The zero-order chi connectivity index (χ0) is 21.3. The molecule has 0 heterocycles. The first-order valence-corrected chi connectivity index (χ1v) is 10.9. The third-order valence-electron chi connectivity index (χ3n) is 3.96. The van der Waals surface area contributed by atoms with Crippen molar-refractivity contribution >= 4 is 33.5 Å². The summed E-state index contributed by atoms with van der Waals surface area (Å²) in [5.74, 6) is -1.29. The zero-order valence-corrected chi connectivity index (χ0v) is 17.5. The molecule has 1 atom stereocenters. The van der Waals surface area contributed by atoms with E-state index < -0.39 is 34.5 Å². The summed E-state index contributed by atoms with van der Waals surface area (Å²) in [6.45, 7) is 1.31.